The van der Waals surface area contributed by atoms with E-state index in [1.165, 1.54) is 4.68 Å². The molecule has 110 valence electrons. The minimum Gasteiger partial charge on any atom is -0.476 e. The standard InChI is InChI=1S/C16H18N2O3/c1-4-11-7-5-6-8-13(11)18-9-12(10(2)3)15(19)14(17-18)16(20)21/h5-10H,4H2,1-3H3,(H,20,21). The molecule has 1 aromatic heterocycles. The van der Waals surface area contributed by atoms with E-state index in [9.17, 15) is 14.7 Å². The third kappa shape index (κ3) is 2.86. The lowest BCUT2D eigenvalue weighted by Crippen LogP contribution is -2.25. The van der Waals surface area contributed by atoms with Gasteiger partial charge in [-0.1, -0.05) is 39.0 Å². The minimum atomic E-state index is -1.30. The third-order valence-corrected chi connectivity index (χ3v) is 3.39. The number of hydrogen-bond donors (Lipinski definition) is 1. The maximum absolute atomic E-state index is 12.1. The molecular weight excluding hydrogens is 268 g/mol. The van der Waals surface area contributed by atoms with Crippen LogP contribution in [-0.2, 0) is 6.42 Å². The van der Waals surface area contributed by atoms with Gasteiger partial charge in [-0.2, -0.15) is 5.10 Å². The number of rotatable bonds is 4. The molecular formula is C16H18N2O3. The maximum Gasteiger partial charge on any atom is 0.360 e. The molecule has 5 heteroatoms. The van der Waals surface area contributed by atoms with Crippen molar-refractivity contribution in [1.29, 1.82) is 0 Å². The number of carbonyl (C=O) groups is 1. The van der Waals surface area contributed by atoms with Crippen LogP contribution >= 0.6 is 0 Å². The molecule has 0 saturated carbocycles. The quantitative estimate of drug-likeness (QED) is 0.937. The van der Waals surface area contributed by atoms with Gasteiger partial charge in [0.2, 0.25) is 11.1 Å². The molecule has 1 aromatic carbocycles. The van der Waals surface area contributed by atoms with Crippen molar-refractivity contribution in [3.05, 3.63) is 57.5 Å². The molecule has 0 radical (unpaired) electrons. The van der Waals surface area contributed by atoms with Crippen LogP contribution in [0.5, 0.6) is 0 Å². The van der Waals surface area contributed by atoms with E-state index >= 15 is 0 Å². The average Bonchev–Trinajstić information content (AvgIpc) is 2.46. The van der Waals surface area contributed by atoms with Crippen LogP contribution in [0, 0.1) is 0 Å². The number of aromatic carboxylic acids is 1. The van der Waals surface area contributed by atoms with Gasteiger partial charge in [0.05, 0.1) is 5.69 Å². The number of benzene rings is 1. The minimum absolute atomic E-state index is 0.0707. The highest BCUT2D eigenvalue weighted by Crippen LogP contribution is 2.16. The topological polar surface area (TPSA) is 72.2 Å². The Bertz CT molecular complexity index is 733. The van der Waals surface area contributed by atoms with Crippen molar-refractivity contribution in [2.75, 3.05) is 0 Å². The van der Waals surface area contributed by atoms with E-state index in [0.717, 1.165) is 17.7 Å². The van der Waals surface area contributed by atoms with Crippen LogP contribution in [0.1, 0.15) is 48.3 Å². The van der Waals surface area contributed by atoms with Crippen LogP contribution in [0.25, 0.3) is 5.69 Å². The second-order valence-corrected chi connectivity index (χ2v) is 5.15. The van der Waals surface area contributed by atoms with Crippen molar-refractivity contribution < 1.29 is 9.90 Å². The Morgan fingerprint density at radius 2 is 2.00 bits per heavy atom. The van der Waals surface area contributed by atoms with Crippen LogP contribution in [0.15, 0.2) is 35.3 Å². The summed E-state index contributed by atoms with van der Waals surface area (Å²) in [5.41, 5.74) is 1.34. The lowest BCUT2D eigenvalue weighted by molar-refractivity contribution is 0.0686. The average molecular weight is 286 g/mol. The van der Waals surface area contributed by atoms with Crippen molar-refractivity contribution in [1.82, 2.24) is 9.78 Å². The summed E-state index contributed by atoms with van der Waals surface area (Å²) >= 11 is 0. The highest BCUT2D eigenvalue weighted by Gasteiger charge is 2.18. The molecule has 2 aromatic rings. The highest BCUT2D eigenvalue weighted by atomic mass is 16.4. The Kier molecular flexibility index (Phi) is 4.21. The molecule has 0 aliphatic heterocycles. The second-order valence-electron chi connectivity index (χ2n) is 5.15. The fourth-order valence-corrected chi connectivity index (χ4v) is 2.22. The van der Waals surface area contributed by atoms with Crippen LogP contribution in [0.4, 0.5) is 0 Å². The summed E-state index contributed by atoms with van der Waals surface area (Å²) in [6.45, 7) is 5.74. The summed E-state index contributed by atoms with van der Waals surface area (Å²) in [6.07, 6.45) is 2.43. The van der Waals surface area contributed by atoms with Gasteiger partial charge in [-0.15, -0.1) is 0 Å². The number of aromatic nitrogens is 2. The summed E-state index contributed by atoms with van der Waals surface area (Å²) in [4.78, 5) is 23.4. The Morgan fingerprint density at radius 1 is 1.33 bits per heavy atom. The first-order valence-electron chi connectivity index (χ1n) is 6.91. The normalized spacial score (nSPS) is 10.9. The Labute approximate surface area is 122 Å². The lowest BCUT2D eigenvalue weighted by atomic mass is 10.0. The Balaban J connectivity index is 2.75. The first-order chi connectivity index (χ1) is 9.95. The van der Waals surface area contributed by atoms with E-state index in [-0.39, 0.29) is 5.92 Å². The van der Waals surface area contributed by atoms with Gasteiger partial charge in [-0.3, -0.25) is 4.79 Å². The molecule has 1 N–H and O–H groups in total. The SMILES string of the molecule is CCc1ccccc1-n1cc(C(C)C)c(=O)c(C(=O)O)n1. The summed E-state index contributed by atoms with van der Waals surface area (Å²) in [7, 11) is 0. The zero-order valence-electron chi connectivity index (χ0n) is 12.3. The number of para-hydroxylation sites is 1. The van der Waals surface area contributed by atoms with Crippen LogP contribution in [-0.4, -0.2) is 20.9 Å². The van der Waals surface area contributed by atoms with E-state index in [2.05, 4.69) is 5.10 Å². The van der Waals surface area contributed by atoms with Crippen molar-refractivity contribution in [2.45, 2.75) is 33.1 Å². The predicted octanol–water partition coefficient (Wildman–Crippen LogP) is 2.62. The smallest absolute Gasteiger partial charge is 0.360 e. The van der Waals surface area contributed by atoms with Crippen LogP contribution in [0.3, 0.4) is 0 Å². The van der Waals surface area contributed by atoms with E-state index in [1.54, 1.807) is 6.20 Å². The van der Waals surface area contributed by atoms with Crippen molar-refractivity contribution in [3.63, 3.8) is 0 Å². The van der Waals surface area contributed by atoms with Crippen LogP contribution < -0.4 is 5.43 Å². The first-order valence-corrected chi connectivity index (χ1v) is 6.91. The molecule has 0 unspecified atom stereocenters. The van der Waals surface area contributed by atoms with Gasteiger partial charge in [0.1, 0.15) is 0 Å². The van der Waals surface area contributed by atoms with Gasteiger partial charge in [0.25, 0.3) is 0 Å². The molecule has 0 fully saturated rings. The largest absolute Gasteiger partial charge is 0.476 e. The van der Waals surface area contributed by atoms with Gasteiger partial charge in [-0.25, -0.2) is 9.48 Å². The molecule has 0 aliphatic rings. The zero-order valence-corrected chi connectivity index (χ0v) is 12.3. The zero-order chi connectivity index (χ0) is 15.6. The maximum atomic E-state index is 12.1. The van der Waals surface area contributed by atoms with Crippen molar-refractivity contribution in [2.24, 2.45) is 0 Å². The van der Waals surface area contributed by atoms with Gasteiger partial charge in [0.15, 0.2) is 0 Å². The van der Waals surface area contributed by atoms with Crippen molar-refractivity contribution >= 4 is 5.97 Å². The summed E-state index contributed by atoms with van der Waals surface area (Å²) in [5, 5.41) is 13.2. The van der Waals surface area contributed by atoms with Gasteiger partial charge in [-0.05, 0) is 24.0 Å². The fraction of sp³-hybridized carbons (Fsp3) is 0.312. The third-order valence-electron chi connectivity index (χ3n) is 3.39. The molecule has 0 aliphatic carbocycles. The molecule has 0 spiro atoms. The lowest BCUT2D eigenvalue weighted by Gasteiger charge is -2.14. The fourth-order valence-electron chi connectivity index (χ4n) is 2.22. The molecule has 0 bridgehead atoms. The van der Waals surface area contributed by atoms with Crippen LogP contribution in [0.2, 0.25) is 0 Å². The number of aryl methyl sites for hydroxylation is 1. The van der Waals surface area contributed by atoms with Gasteiger partial charge in [0, 0.05) is 11.8 Å². The Hall–Kier alpha value is -2.43. The molecule has 0 saturated heterocycles. The molecule has 0 amide bonds. The summed E-state index contributed by atoms with van der Waals surface area (Å²) in [5.74, 6) is -1.37. The number of carboxylic acid groups (broad SMARTS) is 1. The molecule has 1 heterocycles. The Morgan fingerprint density at radius 3 is 2.57 bits per heavy atom. The molecule has 21 heavy (non-hydrogen) atoms. The molecule has 2 rings (SSSR count). The summed E-state index contributed by atoms with van der Waals surface area (Å²) < 4.78 is 1.50. The number of hydrogen-bond acceptors (Lipinski definition) is 3. The van der Waals surface area contributed by atoms with E-state index in [1.807, 2.05) is 45.0 Å². The predicted molar refractivity (Wildman–Crippen MR) is 80.3 cm³/mol. The van der Waals surface area contributed by atoms with E-state index in [0.29, 0.717) is 5.56 Å². The van der Waals surface area contributed by atoms with Gasteiger partial charge < -0.3 is 5.11 Å². The summed E-state index contributed by atoms with van der Waals surface area (Å²) in [6, 6.07) is 7.62. The van der Waals surface area contributed by atoms with E-state index in [4.69, 9.17) is 0 Å². The van der Waals surface area contributed by atoms with Gasteiger partial charge >= 0.3 is 5.97 Å². The second kappa shape index (κ2) is 5.91. The highest BCUT2D eigenvalue weighted by molar-refractivity contribution is 5.85. The molecule has 0 atom stereocenters. The first kappa shape index (κ1) is 15.0. The number of carboxylic acids is 1. The monoisotopic (exact) mass is 286 g/mol. The molecule has 5 nitrogen and oxygen atoms in total. The van der Waals surface area contributed by atoms with Crippen molar-refractivity contribution in [3.8, 4) is 5.69 Å². The number of nitrogens with zero attached hydrogens (tertiary/aromatic N) is 2. The van der Waals surface area contributed by atoms with E-state index < -0.39 is 17.1 Å².